The van der Waals surface area contributed by atoms with Crippen molar-refractivity contribution in [3.63, 3.8) is 0 Å². The average molecular weight is 267 g/mol. The zero-order valence-corrected chi connectivity index (χ0v) is 11.0. The Morgan fingerprint density at radius 2 is 2.05 bits per heavy atom. The summed E-state index contributed by atoms with van der Waals surface area (Å²) in [4.78, 5) is 22.6. The summed E-state index contributed by atoms with van der Waals surface area (Å²) in [6.07, 6.45) is 0. The number of carbonyl (C=O) groups excluding carboxylic acids is 2. The highest BCUT2D eigenvalue weighted by Crippen LogP contribution is 2.12. The normalized spacial score (nSPS) is 11.1. The van der Waals surface area contributed by atoms with Crippen LogP contribution < -0.4 is 16.4 Å². The van der Waals surface area contributed by atoms with Crippen molar-refractivity contribution in [1.29, 1.82) is 0 Å². The van der Waals surface area contributed by atoms with Crippen molar-refractivity contribution >= 4 is 17.5 Å². The van der Waals surface area contributed by atoms with Gasteiger partial charge in [0.25, 0.3) is 0 Å². The van der Waals surface area contributed by atoms with E-state index in [4.69, 9.17) is 5.73 Å². The average Bonchev–Trinajstić information content (AvgIpc) is 2.28. The van der Waals surface area contributed by atoms with Gasteiger partial charge in [0, 0.05) is 12.2 Å². The zero-order valence-electron chi connectivity index (χ0n) is 11.0. The van der Waals surface area contributed by atoms with E-state index >= 15 is 0 Å². The highest BCUT2D eigenvalue weighted by atomic mass is 19.1. The fourth-order valence-electron chi connectivity index (χ4n) is 1.35. The first-order valence-electron chi connectivity index (χ1n) is 5.87. The molecule has 1 aromatic rings. The Morgan fingerprint density at radius 1 is 1.37 bits per heavy atom. The van der Waals surface area contributed by atoms with E-state index in [1.807, 2.05) is 0 Å². The Balaban J connectivity index is 2.39. The Morgan fingerprint density at radius 3 is 2.63 bits per heavy atom. The van der Waals surface area contributed by atoms with E-state index in [9.17, 15) is 14.0 Å². The topological polar surface area (TPSA) is 84.2 Å². The molecule has 104 valence electrons. The van der Waals surface area contributed by atoms with E-state index < -0.39 is 17.1 Å². The second-order valence-electron chi connectivity index (χ2n) is 4.91. The van der Waals surface area contributed by atoms with Gasteiger partial charge in [-0.2, -0.15) is 0 Å². The van der Waals surface area contributed by atoms with E-state index in [-0.39, 0.29) is 12.5 Å². The molecule has 2 amide bonds. The first-order chi connectivity index (χ1) is 8.81. The van der Waals surface area contributed by atoms with E-state index in [0.717, 1.165) is 0 Å². The smallest absolute Gasteiger partial charge is 0.238 e. The molecule has 5 nitrogen and oxygen atoms in total. The summed E-state index contributed by atoms with van der Waals surface area (Å²) in [5.74, 6) is -1.17. The molecule has 4 N–H and O–H groups in total. The van der Waals surface area contributed by atoms with Gasteiger partial charge in [-0.25, -0.2) is 4.39 Å². The molecule has 19 heavy (non-hydrogen) atoms. The van der Waals surface area contributed by atoms with Crippen molar-refractivity contribution in [1.82, 2.24) is 5.32 Å². The number of amides is 2. The summed E-state index contributed by atoms with van der Waals surface area (Å²) < 4.78 is 12.9. The molecule has 0 bridgehead atoms. The van der Waals surface area contributed by atoms with Crippen LogP contribution in [0.2, 0.25) is 0 Å². The van der Waals surface area contributed by atoms with Crippen LogP contribution in [0.4, 0.5) is 10.1 Å². The maximum Gasteiger partial charge on any atom is 0.238 e. The monoisotopic (exact) mass is 267 g/mol. The molecule has 0 unspecified atom stereocenters. The maximum atomic E-state index is 12.9. The number of halogens is 1. The largest absolute Gasteiger partial charge is 0.369 e. The molecule has 0 aliphatic heterocycles. The Hall–Kier alpha value is -1.95. The summed E-state index contributed by atoms with van der Waals surface area (Å²) in [6, 6.07) is 5.62. The summed E-state index contributed by atoms with van der Waals surface area (Å²) in [5.41, 5.74) is 4.87. The summed E-state index contributed by atoms with van der Waals surface area (Å²) in [7, 11) is 0. The molecule has 0 saturated heterocycles. The number of hydrogen-bond donors (Lipinski definition) is 3. The molecule has 0 aliphatic rings. The maximum absolute atomic E-state index is 12.9. The number of anilines is 1. The Bertz CT molecular complexity index is 475. The molecule has 1 aromatic carbocycles. The van der Waals surface area contributed by atoms with Gasteiger partial charge >= 0.3 is 0 Å². The van der Waals surface area contributed by atoms with Crippen molar-refractivity contribution in [2.45, 2.75) is 13.8 Å². The first kappa shape index (κ1) is 15.1. The van der Waals surface area contributed by atoms with Crippen LogP contribution in [0.25, 0.3) is 0 Å². The van der Waals surface area contributed by atoms with Crippen LogP contribution in [0.5, 0.6) is 0 Å². The molecule has 0 fully saturated rings. The van der Waals surface area contributed by atoms with Crippen LogP contribution in [-0.4, -0.2) is 24.9 Å². The van der Waals surface area contributed by atoms with Crippen LogP contribution in [0.1, 0.15) is 13.8 Å². The molecule has 0 aromatic heterocycles. The number of rotatable bonds is 6. The van der Waals surface area contributed by atoms with E-state index in [2.05, 4.69) is 10.6 Å². The lowest BCUT2D eigenvalue weighted by Crippen LogP contribution is -2.42. The lowest BCUT2D eigenvalue weighted by atomic mass is 9.93. The van der Waals surface area contributed by atoms with Crippen LogP contribution in [0.3, 0.4) is 0 Å². The van der Waals surface area contributed by atoms with Crippen molar-refractivity contribution < 1.29 is 14.0 Å². The highest BCUT2D eigenvalue weighted by molar-refractivity contribution is 5.92. The molecule has 1 rings (SSSR count). The van der Waals surface area contributed by atoms with Gasteiger partial charge in [0.15, 0.2) is 0 Å². The quantitative estimate of drug-likeness (QED) is 0.715. The molecule has 0 saturated carbocycles. The number of primary amides is 1. The van der Waals surface area contributed by atoms with E-state index in [0.29, 0.717) is 12.2 Å². The third-order valence-corrected chi connectivity index (χ3v) is 2.63. The number of hydrogen-bond acceptors (Lipinski definition) is 3. The van der Waals surface area contributed by atoms with Gasteiger partial charge in [0.2, 0.25) is 11.8 Å². The number of nitrogens with one attached hydrogen (secondary N) is 2. The predicted octanol–water partition coefficient (Wildman–Crippen LogP) is 0.865. The fraction of sp³-hybridized carbons (Fsp3) is 0.385. The first-order valence-corrected chi connectivity index (χ1v) is 5.87. The van der Waals surface area contributed by atoms with Crippen molar-refractivity contribution in [3.05, 3.63) is 30.1 Å². The van der Waals surface area contributed by atoms with Crippen LogP contribution in [-0.2, 0) is 9.59 Å². The van der Waals surface area contributed by atoms with Crippen molar-refractivity contribution in [3.8, 4) is 0 Å². The summed E-state index contributed by atoms with van der Waals surface area (Å²) in [6.45, 7) is 3.69. The molecule has 0 aliphatic carbocycles. The summed E-state index contributed by atoms with van der Waals surface area (Å²) in [5, 5.41) is 5.38. The third-order valence-electron chi connectivity index (χ3n) is 2.63. The van der Waals surface area contributed by atoms with Gasteiger partial charge in [-0.15, -0.1) is 0 Å². The Labute approximate surface area is 111 Å². The molecule has 0 radical (unpaired) electrons. The van der Waals surface area contributed by atoms with Gasteiger partial charge in [-0.1, -0.05) is 6.07 Å². The van der Waals surface area contributed by atoms with Crippen molar-refractivity contribution in [2.75, 3.05) is 18.4 Å². The SMILES string of the molecule is CC(C)(CNCC(=O)Nc1cccc(F)c1)C(N)=O. The van der Waals surface area contributed by atoms with Gasteiger partial charge in [-0.05, 0) is 32.0 Å². The predicted molar refractivity (Wildman–Crippen MR) is 70.9 cm³/mol. The molecule has 0 atom stereocenters. The second kappa shape index (κ2) is 6.29. The number of benzene rings is 1. The van der Waals surface area contributed by atoms with Crippen LogP contribution in [0, 0.1) is 11.2 Å². The third kappa shape index (κ3) is 5.05. The van der Waals surface area contributed by atoms with E-state index in [1.165, 1.54) is 18.2 Å². The number of nitrogens with two attached hydrogens (primary N) is 1. The minimum absolute atomic E-state index is 0.0211. The van der Waals surface area contributed by atoms with Gasteiger partial charge < -0.3 is 16.4 Å². The van der Waals surface area contributed by atoms with Crippen molar-refractivity contribution in [2.24, 2.45) is 11.1 Å². The number of carbonyl (C=O) groups is 2. The van der Waals surface area contributed by atoms with Gasteiger partial charge in [-0.3, -0.25) is 9.59 Å². The molecule has 0 spiro atoms. The van der Waals surface area contributed by atoms with Crippen LogP contribution in [0.15, 0.2) is 24.3 Å². The molecule has 6 heteroatoms. The fourth-order valence-corrected chi connectivity index (χ4v) is 1.35. The van der Waals surface area contributed by atoms with E-state index in [1.54, 1.807) is 19.9 Å². The molecular formula is C13H18FN3O2. The molecular weight excluding hydrogens is 249 g/mol. The van der Waals surface area contributed by atoms with Gasteiger partial charge in [0.05, 0.1) is 12.0 Å². The standard InChI is InChI=1S/C13H18FN3O2/c1-13(2,12(15)19)8-16-7-11(18)17-10-5-3-4-9(14)6-10/h3-6,16H,7-8H2,1-2H3,(H2,15,19)(H,17,18). The molecule has 0 heterocycles. The zero-order chi connectivity index (χ0) is 14.5. The van der Waals surface area contributed by atoms with Crippen LogP contribution >= 0.6 is 0 Å². The second-order valence-corrected chi connectivity index (χ2v) is 4.91. The lowest BCUT2D eigenvalue weighted by molar-refractivity contribution is -0.126. The minimum atomic E-state index is -0.723. The minimum Gasteiger partial charge on any atom is -0.369 e. The highest BCUT2D eigenvalue weighted by Gasteiger charge is 2.24. The Kier molecular flexibility index (Phi) is 5.00. The van der Waals surface area contributed by atoms with Gasteiger partial charge in [0.1, 0.15) is 5.82 Å². The summed E-state index contributed by atoms with van der Waals surface area (Å²) >= 11 is 0. The lowest BCUT2D eigenvalue weighted by Gasteiger charge is -2.20.